The average Bonchev–Trinajstić information content (AvgIpc) is 2.46. The molecule has 1 unspecified atom stereocenters. The molecule has 0 aliphatic heterocycles. The third-order valence-corrected chi connectivity index (χ3v) is 5.69. The number of halogens is 2. The molecule has 2 rings (SSSR count). The van der Waals surface area contributed by atoms with Gasteiger partial charge >= 0.3 is 0 Å². The first-order valence-electron chi connectivity index (χ1n) is 7.79. The van der Waals surface area contributed by atoms with Crippen LogP contribution in [0.3, 0.4) is 0 Å². The van der Waals surface area contributed by atoms with Crippen LogP contribution in [-0.2, 0) is 11.0 Å². The fourth-order valence-electron chi connectivity index (χ4n) is 2.69. The molecular weight excluding hydrogens is 322 g/mol. The van der Waals surface area contributed by atoms with E-state index in [1.807, 2.05) is 0 Å². The van der Waals surface area contributed by atoms with Crippen molar-refractivity contribution >= 4 is 11.0 Å². The number of nitrogens with one attached hydrogen (secondary N) is 1. The van der Waals surface area contributed by atoms with Gasteiger partial charge in [-0.2, -0.15) is 4.39 Å². The Kier molecular flexibility index (Phi) is 5.53. The van der Waals surface area contributed by atoms with Crippen molar-refractivity contribution in [3.05, 3.63) is 29.8 Å². The molecular formula is C16H24F2N2O2S. The van der Waals surface area contributed by atoms with Crippen molar-refractivity contribution in [3.63, 3.8) is 0 Å². The molecule has 4 nitrogen and oxygen atoms in total. The Balaban J connectivity index is 2.33. The Morgan fingerprint density at radius 3 is 2.52 bits per heavy atom. The van der Waals surface area contributed by atoms with Crippen molar-refractivity contribution in [3.8, 4) is 0 Å². The first kappa shape index (κ1) is 18.4. The van der Waals surface area contributed by atoms with Gasteiger partial charge in [-0.1, -0.05) is 6.07 Å². The van der Waals surface area contributed by atoms with Crippen LogP contribution in [0.25, 0.3) is 0 Å². The summed E-state index contributed by atoms with van der Waals surface area (Å²) in [6, 6.07) is 3.48. The predicted octanol–water partition coefficient (Wildman–Crippen LogP) is 2.96. The quantitative estimate of drug-likeness (QED) is 0.824. The molecule has 1 aromatic heterocycles. The van der Waals surface area contributed by atoms with Gasteiger partial charge in [0.2, 0.25) is 5.95 Å². The highest BCUT2D eigenvalue weighted by Crippen LogP contribution is 2.39. The molecule has 0 bridgehead atoms. The molecule has 2 atom stereocenters. The van der Waals surface area contributed by atoms with Crippen molar-refractivity contribution in [2.45, 2.75) is 69.0 Å². The van der Waals surface area contributed by atoms with Crippen LogP contribution in [0, 0.1) is 5.95 Å². The van der Waals surface area contributed by atoms with E-state index in [9.17, 15) is 18.1 Å². The van der Waals surface area contributed by atoms with E-state index in [0.717, 1.165) is 0 Å². The number of hydrogen-bond donors (Lipinski definition) is 2. The minimum atomic E-state index is -1.48. The van der Waals surface area contributed by atoms with Crippen molar-refractivity contribution in [1.29, 1.82) is 0 Å². The topological polar surface area (TPSA) is 62.2 Å². The lowest BCUT2D eigenvalue weighted by Crippen LogP contribution is -2.50. The van der Waals surface area contributed by atoms with Gasteiger partial charge in [0.15, 0.2) is 0 Å². The molecule has 1 aromatic rings. The van der Waals surface area contributed by atoms with Crippen LogP contribution in [0.1, 0.15) is 58.2 Å². The highest BCUT2D eigenvalue weighted by atomic mass is 32.2. The molecule has 0 aromatic carbocycles. The monoisotopic (exact) mass is 346 g/mol. The van der Waals surface area contributed by atoms with Crippen LogP contribution in [0.4, 0.5) is 8.78 Å². The molecule has 7 heteroatoms. The van der Waals surface area contributed by atoms with Crippen molar-refractivity contribution < 1.29 is 18.1 Å². The summed E-state index contributed by atoms with van der Waals surface area (Å²) in [5.74, 6) is -0.668. The minimum Gasteiger partial charge on any atom is -0.388 e. The van der Waals surface area contributed by atoms with Crippen LogP contribution >= 0.6 is 0 Å². The molecule has 0 amide bonds. The van der Waals surface area contributed by atoms with Crippen LogP contribution in [-0.4, -0.2) is 30.8 Å². The maximum Gasteiger partial charge on any atom is 0.213 e. The molecule has 1 heterocycles. The van der Waals surface area contributed by atoms with Gasteiger partial charge in [0.05, 0.1) is 33.1 Å². The van der Waals surface area contributed by atoms with Crippen LogP contribution in [0.5, 0.6) is 0 Å². The molecule has 130 valence electrons. The van der Waals surface area contributed by atoms with Gasteiger partial charge in [-0.05, 0) is 58.6 Å². The largest absolute Gasteiger partial charge is 0.388 e. The Morgan fingerprint density at radius 2 is 2.00 bits per heavy atom. The third-order valence-electron chi connectivity index (χ3n) is 4.13. The minimum absolute atomic E-state index is 0.214. The number of rotatable bonds is 4. The average molecular weight is 346 g/mol. The fourth-order valence-corrected chi connectivity index (χ4v) is 3.59. The summed E-state index contributed by atoms with van der Waals surface area (Å²) in [7, 11) is -1.48. The summed E-state index contributed by atoms with van der Waals surface area (Å²) in [5, 5.41) is 11.0. The van der Waals surface area contributed by atoms with Gasteiger partial charge in [0.25, 0.3) is 0 Å². The van der Waals surface area contributed by atoms with Gasteiger partial charge in [-0.25, -0.2) is 18.3 Å². The smallest absolute Gasteiger partial charge is 0.213 e. The molecule has 0 spiro atoms. The number of nitrogens with zero attached hydrogens (tertiary/aromatic N) is 1. The molecule has 1 aliphatic carbocycles. The molecule has 0 saturated heterocycles. The number of hydrogen-bond acceptors (Lipinski definition) is 3. The summed E-state index contributed by atoms with van der Waals surface area (Å²) in [6.07, 6.45) is -0.0563. The van der Waals surface area contributed by atoms with E-state index in [1.165, 1.54) is 12.1 Å². The Bertz CT molecular complexity index is 569. The predicted molar refractivity (Wildman–Crippen MR) is 86.3 cm³/mol. The highest BCUT2D eigenvalue weighted by Gasteiger charge is 2.43. The lowest BCUT2D eigenvalue weighted by molar-refractivity contribution is -0.0416. The summed E-state index contributed by atoms with van der Waals surface area (Å²) in [5.41, 5.74) is -1.02. The second-order valence-electron chi connectivity index (χ2n) is 7.10. The number of alkyl halides is 1. The molecule has 1 aliphatic rings. The summed E-state index contributed by atoms with van der Waals surface area (Å²) in [6.45, 7) is 5.40. The lowest BCUT2D eigenvalue weighted by atomic mass is 9.78. The zero-order valence-electron chi connectivity index (χ0n) is 13.7. The van der Waals surface area contributed by atoms with Gasteiger partial charge in [-0.15, -0.1) is 0 Å². The molecule has 1 fully saturated rings. The SMILES string of the molecule is CC(C)(C)S(=O)N[C@@H](c1cccc(F)n1)C1(O)CCC(F)CC1. The van der Waals surface area contributed by atoms with Crippen molar-refractivity contribution in [2.75, 3.05) is 0 Å². The molecule has 2 N–H and O–H groups in total. The van der Waals surface area contributed by atoms with Crippen LogP contribution < -0.4 is 4.72 Å². The third kappa shape index (κ3) is 4.55. The van der Waals surface area contributed by atoms with Gasteiger partial charge in [-0.3, -0.25) is 0 Å². The Labute approximate surface area is 138 Å². The first-order chi connectivity index (χ1) is 10.6. The van der Waals surface area contributed by atoms with Crippen LogP contribution in [0.2, 0.25) is 0 Å². The zero-order valence-corrected chi connectivity index (χ0v) is 14.5. The number of aromatic nitrogens is 1. The summed E-state index contributed by atoms with van der Waals surface area (Å²) in [4.78, 5) is 3.83. The summed E-state index contributed by atoms with van der Waals surface area (Å²) < 4.78 is 41.8. The number of pyridine rings is 1. The number of aliphatic hydroxyl groups is 1. The van der Waals surface area contributed by atoms with E-state index in [-0.39, 0.29) is 31.4 Å². The van der Waals surface area contributed by atoms with Gasteiger partial charge in [0.1, 0.15) is 6.17 Å². The molecule has 0 radical (unpaired) electrons. The van der Waals surface area contributed by atoms with E-state index in [0.29, 0.717) is 0 Å². The van der Waals surface area contributed by atoms with Gasteiger partial charge < -0.3 is 5.11 Å². The lowest BCUT2D eigenvalue weighted by Gasteiger charge is -2.40. The van der Waals surface area contributed by atoms with E-state index in [4.69, 9.17) is 0 Å². The van der Waals surface area contributed by atoms with Crippen molar-refractivity contribution in [1.82, 2.24) is 9.71 Å². The van der Waals surface area contributed by atoms with E-state index >= 15 is 0 Å². The zero-order chi connectivity index (χ0) is 17.3. The maximum atomic E-state index is 13.5. The van der Waals surface area contributed by atoms with Crippen LogP contribution in [0.15, 0.2) is 18.2 Å². The summed E-state index contributed by atoms with van der Waals surface area (Å²) >= 11 is 0. The first-order valence-corrected chi connectivity index (χ1v) is 8.94. The van der Waals surface area contributed by atoms with E-state index in [1.54, 1.807) is 26.8 Å². The van der Waals surface area contributed by atoms with E-state index < -0.39 is 39.5 Å². The second-order valence-corrected chi connectivity index (χ2v) is 9.09. The second kappa shape index (κ2) is 6.91. The molecule has 23 heavy (non-hydrogen) atoms. The van der Waals surface area contributed by atoms with Gasteiger partial charge in [0, 0.05) is 0 Å². The standard InChI is InChI=1S/C16H24F2N2O2S/c1-15(2,3)23(22)20-14(12-5-4-6-13(18)19-12)16(21)9-7-11(17)8-10-16/h4-6,11,14,20-21H,7-10H2,1-3H3/t11?,14-,16?,23?/m0/s1. The Morgan fingerprint density at radius 1 is 1.39 bits per heavy atom. The van der Waals surface area contributed by atoms with Crippen molar-refractivity contribution in [2.24, 2.45) is 0 Å². The normalized spacial score (nSPS) is 28.3. The van der Waals surface area contributed by atoms with E-state index in [2.05, 4.69) is 9.71 Å². The fraction of sp³-hybridized carbons (Fsp3) is 0.688. The molecule has 1 saturated carbocycles. The Hall–Kier alpha value is -0.920. The maximum absolute atomic E-state index is 13.5. The highest BCUT2D eigenvalue weighted by molar-refractivity contribution is 7.84.